The summed E-state index contributed by atoms with van der Waals surface area (Å²) >= 11 is 0. The van der Waals surface area contributed by atoms with Gasteiger partial charge in [0.1, 0.15) is 0 Å². The zero-order valence-corrected chi connectivity index (χ0v) is 11.3. The molecule has 0 aliphatic carbocycles. The van der Waals surface area contributed by atoms with Crippen molar-refractivity contribution in [2.24, 2.45) is 5.92 Å². The number of benzene rings is 1. The van der Waals surface area contributed by atoms with E-state index in [1.54, 1.807) is 0 Å². The van der Waals surface area contributed by atoms with Gasteiger partial charge in [0.2, 0.25) is 5.91 Å². The molecular formula is C15H22N2O. The maximum atomic E-state index is 12.3. The van der Waals surface area contributed by atoms with Crippen molar-refractivity contribution in [1.29, 1.82) is 0 Å². The zero-order valence-electron chi connectivity index (χ0n) is 11.3. The Hall–Kier alpha value is -1.35. The largest absolute Gasteiger partial charge is 0.341 e. The molecule has 1 unspecified atom stereocenters. The molecule has 3 nitrogen and oxygen atoms in total. The molecule has 1 aromatic carbocycles. The van der Waals surface area contributed by atoms with Gasteiger partial charge in [-0.2, -0.15) is 0 Å². The Bertz CT molecular complexity index is 391. The normalized spacial score (nSPS) is 20.7. The third-order valence-electron chi connectivity index (χ3n) is 3.61. The maximum Gasteiger partial charge on any atom is 0.227 e. The number of hydrogen-bond donors (Lipinski definition) is 0. The molecule has 1 fully saturated rings. The second-order valence-corrected chi connectivity index (χ2v) is 5.28. The van der Waals surface area contributed by atoms with E-state index in [9.17, 15) is 4.79 Å². The van der Waals surface area contributed by atoms with Crippen molar-refractivity contribution in [3.8, 4) is 0 Å². The Morgan fingerprint density at radius 2 is 2.11 bits per heavy atom. The summed E-state index contributed by atoms with van der Waals surface area (Å²) in [5.74, 6) is 0.461. The Morgan fingerprint density at radius 3 is 2.78 bits per heavy atom. The molecule has 1 heterocycles. The van der Waals surface area contributed by atoms with Crippen LogP contribution in [-0.2, 0) is 11.3 Å². The average Bonchev–Trinajstić information content (AvgIpc) is 2.39. The van der Waals surface area contributed by atoms with Gasteiger partial charge in [-0.1, -0.05) is 30.3 Å². The molecule has 98 valence electrons. The lowest BCUT2D eigenvalue weighted by Gasteiger charge is -2.31. The van der Waals surface area contributed by atoms with Crippen LogP contribution in [0.3, 0.4) is 0 Å². The molecule has 1 aromatic rings. The van der Waals surface area contributed by atoms with E-state index in [0.717, 1.165) is 25.9 Å². The summed E-state index contributed by atoms with van der Waals surface area (Å²) in [4.78, 5) is 16.5. The molecule has 0 aromatic heterocycles. The fourth-order valence-corrected chi connectivity index (χ4v) is 2.61. The first-order chi connectivity index (χ1) is 8.66. The lowest BCUT2D eigenvalue weighted by atomic mass is 9.97. The Labute approximate surface area is 109 Å². The molecule has 18 heavy (non-hydrogen) atoms. The summed E-state index contributed by atoms with van der Waals surface area (Å²) < 4.78 is 0. The van der Waals surface area contributed by atoms with Crippen LogP contribution < -0.4 is 0 Å². The quantitative estimate of drug-likeness (QED) is 0.814. The van der Waals surface area contributed by atoms with Gasteiger partial charge in [0, 0.05) is 20.1 Å². The summed E-state index contributed by atoms with van der Waals surface area (Å²) in [6, 6.07) is 10.2. The highest BCUT2D eigenvalue weighted by atomic mass is 16.2. The number of hydrogen-bond acceptors (Lipinski definition) is 2. The van der Waals surface area contributed by atoms with Crippen LogP contribution in [-0.4, -0.2) is 42.9 Å². The standard InChI is InChI=1S/C15H22N2O/c1-16-10-6-9-14(12-16)15(18)17(2)11-13-7-4-3-5-8-13/h3-5,7-8,14H,6,9-12H2,1-2H3. The van der Waals surface area contributed by atoms with Crippen LogP contribution in [0.1, 0.15) is 18.4 Å². The number of likely N-dealkylation sites (tertiary alicyclic amines) is 1. The number of rotatable bonds is 3. The van der Waals surface area contributed by atoms with Gasteiger partial charge in [0.15, 0.2) is 0 Å². The SMILES string of the molecule is CN1CCCC(C(=O)N(C)Cc2ccccc2)C1. The Balaban J connectivity index is 1.92. The highest BCUT2D eigenvalue weighted by molar-refractivity contribution is 5.78. The van der Waals surface area contributed by atoms with Crippen molar-refractivity contribution in [3.63, 3.8) is 0 Å². The molecule has 0 N–H and O–H groups in total. The number of carbonyl (C=O) groups is 1. The summed E-state index contributed by atoms with van der Waals surface area (Å²) in [7, 11) is 4.00. The Morgan fingerprint density at radius 1 is 1.39 bits per heavy atom. The molecule has 3 heteroatoms. The highest BCUT2D eigenvalue weighted by Crippen LogP contribution is 2.18. The topological polar surface area (TPSA) is 23.6 Å². The molecule has 0 saturated carbocycles. The van der Waals surface area contributed by atoms with E-state index in [1.165, 1.54) is 5.56 Å². The van der Waals surface area contributed by atoms with Crippen LogP contribution in [0.2, 0.25) is 0 Å². The average molecular weight is 246 g/mol. The van der Waals surface area contributed by atoms with Gasteiger partial charge in [-0.25, -0.2) is 0 Å². The first kappa shape index (κ1) is 13.1. The molecule has 1 saturated heterocycles. The predicted octanol–water partition coefficient (Wildman–Crippen LogP) is 1.99. The number of amides is 1. The lowest BCUT2D eigenvalue weighted by molar-refractivity contribution is -0.136. The number of piperidine rings is 1. The van der Waals surface area contributed by atoms with E-state index in [2.05, 4.69) is 24.1 Å². The fourth-order valence-electron chi connectivity index (χ4n) is 2.61. The van der Waals surface area contributed by atoms with Crippen molar-refractivity contribution in [1.82, 2.24) is 9.80 Å². The molecule has 0 radical (unpaired) electrons. The minimum absolute atomic E-state index is 0.178. The van der Waals surface area contributed by atoms with E-state index in [-0.39, 0.29) is 11.8 Å². The van der Waals surface area contributed by atoms with Gasteiger partial charge in [0.05, 0.1) is 5.92 Å². The third kappa shape index (κ3) is 3.33. The van der Waals surface area contributed by atoms with E-state index < -0.39 is 0 Å². The van der Waals surface area contributed by atoms with Gasteiger partial charge >= 0.3 is 0 Å². The van der Waals surface area contributed by atoms with Crippen molar-refractivity contribution in [2.45, 2.75) is 19.4 Å². The van der Waals surface area contributed by atoms with Gasteiger partial charge < -0.3 is 9.80 Å². The number of carbonyl (C=O) groups excluding carboxylic acids is 1. The van der Waals surface area contributed by atoms with Crippen LogP contribution >= 0.6 is 0 Å². The van der Waals surface area contributed by atoms with E-state index >= 15 is 0 Å². The minimum atomic E-state index is 0.178. The second kappa shape index (κ2) is 6.01. The summed E-state index contributed by atoms with van der Waals surface area (Å²) in [6.45, 7) is 2.73. The van der Waals surface area contributed by atoms with Crippen LogP contribution in [0.4, 0.5) is 0 Å². The smallest absolute Gasteiger partial charge is 0.227 e. The van der Waals surface area contributed by atoms with Gasteiger partial charge in [-0.3, -0.25) is 4.79 Å². The van der Waals surface area contributed by atoms with Gasteiger partial charge in [0.25, 0.3) is 0 Å². The van der Waals surface area contributed by atoms with E-state index in [0.29, 0.717) is 6.54 Å². The number of nitrogens with zero attached hydrogens (tertiary/aromatic N) is 2. The van der Waals surface area contributed by atoms with Crippen LogP contribution in [0.25, 0.3) is 0 Å². The maximum absolute atomic E-state index is 12.3. The summed E-state index contributed by atoms with van der Waals surface area (Å²) in [5, 5.41) is 0. The monoisotopic (exact) mass is 246 g/mol. The molecule has 0 spiro atoms. The predicted molar refractivity (Wildman–Crippen MR) is 73.1 cm³/mol. The third-order valence-corrected chi connectivity index (χ3v) is 3.61. The van der Waals surface area contributed by atoms with E-state index in [4.69, 9.17) is 0 Å². The second-order valence-electron chi connectivity index (χ2n) is 5.28. The van der Waals surface area contributed by atoms with Crippen LogP contribution in [0, 0.1) is 5.92 Å². The molecule has 1 aliphatic heterocycles. The van der Waals surface area contributed by atoms with Crippen molar-refractivity contribution in [2.75, 3.05) is 27.2 Å². The lowest BCUT2D eigenvalue weighted by Crippen LogP contribution is -2.41. The van der Waals surface area contributed by atoms with Crippen molar-refractivity contribution < 1.29 is 4.79 Å². The van der Waals surface area contributed by atoms with Crippen molar-refractivity contribution in [3.05, 3.63) is 35.9 Å². The first-order valence-corrected chi connectivity index (χ1v) is 6.64. The minimum Gasteiger partial charge on any atom is -0.341 e. The fraction of sp³-hybridized carbons (Fsp3) is 0.533. The first-order valence-electron chi connectivity index (χ1n) is 6.64. The Kier molecular flexibility index (Phi) is 4.37. The molecule has 2 rings (SSSR count). The summed E-state index contributed by atoms with van der Waals surface area (Å²) in [6.07, 6.45) is 2.16. The molecule has 1 atom stereocenters. The zero-order chi connectivity index (χ0) is 13.0. The highest BCUT2D eigenvalue weighted by Gasteiger charge is 2.26. The van der Waals surface area contributed by atoms with Gasteiger partial charge in [-0.15, -0.1) is 0 Å². The molecule has 1 aliphatic rings. The molecular weight excluding hydrogens is 224 g/mol. The van der Waals surface area contributed by atoms with Gasteiger partial charge in [-0.05, 0) is 32.0 Å². The van der Waals surface area contributed by atoms with E-state index in [1.807, 2.05) is 30.1 Å². The molecule has 1 amide bonds. The summed E-state index contributed by atoms with van der Waals surface area (Å²) in [5.41, 5.74) is 1.19. The van der Waals surface area contributed by atoms with Crippen molar-refractivity contribution >= 4 is 5.91 Å². The van der Waals surface area contributed by atoms with Crippen LogP contribution in [0.5, 0.6) is 0 Å². The molecule has 0 bridgehead atoms. The van der Waals surface area contributed by atoms with Crippen LogP contribution in [0.15, 0.2) is 30.3 Å².